The molecule has 3 aliphatic heterocycles. The van der Waals surface area contributed by atoms with E-state index in [4.69, 9.17) is 19.4 Å². The average molecular weight is 1030 g/mol. The minimum Gasteiger partial charge on any atom is -0.464 e. The quantitative estimate of drug-likeness (QED) is 0.0611. The number of methoxy groups -OCH3 is 1. The van der Waals surface area contributed by atoms with Gasteiger partial charge in [0.2, 0.25) is 11.8 Å². The molecule has 71 heavy (non-hydrogen) atoms. The van der Waals surface area contributed by atoms with Crippen molar-refractivity contribution in [2.75, 3.05) is 46.9 Å². The maximum atomic E-state index is 14.9. The SMILES string of the molecule is C=CC(=O)N1CCN(C(=O)N(C)[C@H](C(=O)N[C@H]2Cc3nc(cs3)-c3ccc4c(c3)c(c(-c3cccnc3[C@H](C)OC)n4CC)CC(C)(C)COC(=O)[C@@]3([Si])CCCN(N3)C2=O)C(C)C)[C@H](CC[C@@H](C)S)C1. The summed E-state index contributed by atoms with van der Waals surface area (Å²) in [5.41, 5.74) is 9.12. The normalized spacial score (nSPS) is 22.1. The maximum absolute atomic E-state index is 14.9. The van der Waals surface area contributed by atoms with Crippen LogP contribution in [0.5, 0.6) is 0 Å². The number of nitrogens with one attached hydrogen (secondary N) is 2. The number of pyridine rings is 1. The lowest BCUT2D eigenvalue weighted by atomic mass is 9.84. The van der Waals surface area contributed by atoms with Crippen molar-refractivity contribution in [1.29, 1.82) is 0 Å². The number of aromatic nitrogens is 3. The van der Waals surface area contributed by atoms with E-state index in [9.17, 15) is 24.0 Å². The van der Waals surface area contributed by atoms with E-state index in [1.807, 2.05) is 39.1 Å². The number of thiazole rings is 1. The van der Waals surface area contributed by atoms with Crippen molar-refractivity contribution in [2.24, 2.45) is 11.3 Å². The first kappa shape index (κ1) is 53.7. The minimum atomic E-state index is -1.44. The standard InChI is InChI=1S/C52H70N9O7S2Si/c1-11-43(62)58-23-24-60(35(28-58)18-16-32(5)69)50(66)57(9)45(31(3)4)47(63)55-39-26-42-54-40(29-70-42)34-17-19-41-37(25-34)38(46(59(41)12-2)36-15-13-21-53-44(36)33(6)67-10)27-51(7,8)30-68-49(65)52(71)20-14-22-61(56-52)48(39)64/h11,13,15,17,19,21,25,29,31-33,35,39,45,56,69H,1,12,14,16,18,20,22-24,26-28,30H2,2-10H3,(H,55,63)/t32-,33+,35-,39+,45+,52+/m1/s1. The fraction of sp³-hybridized carbons (Fsp3) is 0.558. The Hall–Kier alpha value is -5.08. The van der Waals surface area contributed by atoms with E-state index >= 15 is 0 Å². The fourth-order valence-electron chi connectivity index (χ4n) is 10.2. The molecule has 19 heteroatoms. The zero-order chi connectivity index (χ0) is 51.5. The molecule has 3 aliphatic rings. The molecule has 3 radical (unpaired) electrons. The first-order chi connectivity index (χ1) is 33.7. The van der Waals surface area contributed by atoms with Gasteiger partial charge in [0.15, 0.2) is 0 Å². The maximum Gasteiger partial charge on any atom is 0.323 e. The second-order valence-corrected chi connectivity index (χ2v) is 23.1. The monoisotopic (exact) mass is 1020 g/mol. The third-order valence-corrected chi connectivity index (χ3v) is 15.7. The number of esters is 1. The summed E-state index contributed by atoms with van der Waals surface area (Å²) >= 11 is 5.97. The van der Waals surface area contributed by atoms with Crippen LogP contribution in [0.4, 0.5) is 4.79 Å². The van der Waals surface area contributed by atoms with Crippen LogP contribution in [0.2, 0.25) is 0 Å². The summed E-state index contributed by atoms with van der Waals surface area (Å²) in [5.74, 6) is -2.10. The first-order valence-electron chi connectivity index (χ1n) is 24.7. The van der Waals surface area contributed by atoms with E-state index in [1.54, 1.807) is 30.2 Å². The molecule has 2 fully saturated rings. The molecule has 16 nitrogen and oxygen atoms in total. The minimum absolute atomic E-state index is 0.0395. The number of hydrogen-bond donors (Lipinski definition) is 3. The molecule has 7 rings (SSSR count). The largest absolute Gasteiger partial charge is 0.464 e. The number of hydrazine groups is 1. The summed E-state index contributed by atoms with van der Waals surface area (Å²) in [4.78, 5) is 85.9. The van der Waals surface area contributed by atoms with E-state index in [0.717, 1.165) is 44.7 Å². The van der Waals surface area contributed by atoms with Gasteiger partial charge >= 0.3 is 12.0 Å². The van der Waals surface area contributed by atoms with Crippen molar-refractivity contribution in [3.05, 3.63) is 70.8 Å². The molecular formula is C52H70N9O7S2Si. The van der Waals surface area contributed by atoms with Gasteiger partial charge < -0.3 is 34.1 Å². The number of rotatable bonds is 12. The number of piperazine rings is 1. The van der Waals surface area contributed by atoms with Gasteiger partial charge in [0, 0.05) is 92.3 Å². The van der Waals surface area contributed by atoms with Gasteiger partial charge in [-0.05, 0) is 93.0 Å². The Labute approximate surface area is 431 Å². The lowest BCUT2D eigenvalue weighted by Gasteiger charge is -2.44. The number of hydrogen-bond acceptors (Lipinski definition) is 12. The summed E-state index contributed by atoms with van der Waals surface area (Å²) in [6.07, 6.45) is 5.51. The van der Waals surface area contributed by atoms with Gasteiger partial charge in [0.05, 0.1) is 51.1 Å². The average Bonchev–Trinajstić information content (AvgIpc) is 3.94. The van der Waals surface area contributed by atoms with E-state index in [-0.39, 0.29) is 61.4 Å². The lowest BCUT2D eigenvalue weighted by molar-refractivity contribution is -0.158. The highest BCUT2D eigenvalue weighted by Crippen LogP contribution is 2.42. The molecular weight excluding hydrogens is 955 g/mol. The smallest absolute Gasteiger partial charge is 0.323 e. The molecule has 5 amide bonds. The van der Waals surface area contributed by atoms with Crippen LogP contribution in [0, 0.1) is 11.3 Å². The molecule has 0 unspecified atom stereocenters. The zero-order valence-electron chi connectivity index (χ0n) is 42.6. The van der Waals surface area contributed by atoms with Crippen molar-refractivity contribution in [2.45, 2.75) is 128 Å². The topological polar surface area (TPSA) is 172 Å². The lowest BCUT2D eigenvalue weighted by Crippen LogP contribution is -2.68. The number of nitrogens with zero attached hydrogens (tertiary/aromatic N) is 7. The van der Waals surface area contributed by atoms with Crippen molar-refractivity contribution in [1.82, 2.24) is 45.0 Å². The van der Waals surface area contributed by atoms with Crippen LogP contribution < -0.4 is 10.7 Å². The molecule has 1 aromatic carbocycles. The third-order valence-electron chi connectivity index (χ3n) is 14.0. The van der Waals surface area contributed by atoms with Gasteiger partial charge in [-0.15, -0.1) is 11.3 Å². The molecule has 0 saturated carbocycles. The zero-order valence-corrected chi connectivity index (χ0v) is 45.3. The van der Waals surface area contributed by atoms with Crippen LogP contribution in [0.1, 0.15) is 96.5 Å². The Kier molecular flexibility index (Phi) is 16.9. The predicted octanol–water partition coefficient (Wildman–Crippen LogP) is 6.57. The second-order valence-electron chi connectivity index (χ2n) is 20.4. The predicted molar refractivity (Wildman–Crippen MR) is 281 cm³/mol. The number of ether oxygens (including phenoxy) is 2. The van der Waals surface area contributed by atoms with E-state index < -0.39 is 40.4 Å². The van der Waals surface area contributed by atoms with E-state index in [2.05, 4.69) is 89.8 Å². The number of aryl methyl sites for hydroxylation is 1. The van der Waals surface area contributed by atoms with Gasteiger partial charge in [-0.3, -0.25) is 29.2 Å². The Morgan fingerprint density at radius 2 is 1.92 bits per heavy atom. The number of carbonyl (C=O) groups is 5. The van der Waals surface area contributed by atoms with Crippen molar-refractivity contribution in [3.63, 3.8) is 0 Å². The van der Waals surface area contributed by atoms with Crippen LogP contribution in [0.15, 0.2) is 54.6 Å². The van der Waals surface area contributed by atoms with Crippen LogP contribution in [-0.2, 0) is 48.0 Å². The number of urea groups is 1. The molecule has 3 aromatic heterocycles. The Morgan fingerprint density at radius 1 is 1.15 bits per heavy atom. The van der Waals surface area contributed by atoms with E-state index in [0.29, 0.717) is 56.7 Å². The highest BCUT2D eigenvalue weighted by molar-refractivity contribution is 7.80. The number of likely N-dealkylation sites (N-methyl/N-ethyl adjacent to an activating group) is 1. The summed E-state index contributed by atoms with van der Waals surface area (Å²) in [6.45, 7) is 19.6. The Balaban J connectivity index is 1.26. The fourth-order valence-corrected chi connectivity index (χ4v) is 11.6. The molecule has 0 aliphatic carbocycles. The number of cyclic esters (lactones) is 1. The Morgan fingerprint density at radius 3 is 2.61 bits per heavy atom. The molecule has 2 saturated heterocycles. The molecule has 0 spiro atoms. The molecule has 6 bridgehead atoms. The summed E-state index contributed by atoms with van der Waals surface area (Å²) in [6, 6.07) is 7.61. The summed E-state index contributed by atoms with van der Waals surface area (Å²) in [7, 11) is 7.02. The molecule has 381 valence electrons. The van der Waals surface area contributed by atoms with E-state index in [1.165, 1.54) is 27.3 Å². The first-order valence-corrected chi connectivity index (χ1v) is 26.6. The number of thiol groups is 1. The summed E-state index contributed by atoms with van der Waals surface area (Å²) in [5, 5.41) is 6.70. The molecule has 6 heterocycles. The van der Waals surface area contributed by atoms with Crippen LogP contribution in [0.3, 0.4) is 0 Å². The number of benzene rings is 1. The molecule has 6 atom stereocenters. The van der Waals surface area contributed by atoms with Gasteiger partial charge in [-0.1, -0.05) is 47.3 Å². The van der Waals surface area contributed by atoms with Crippen LogP contribution in [-0.4, -0.2) is 150 Å². The van der Waals surface area contributed by atoms with Crippen LogP contribution in [0.25, 0.3) is 33.4 Å². The highest BCUT2D eigenvalue weighted by atomic mass is 32.1. The third kappa shape index (κ3) is 11.6. The summed E-state index contributed by atoms with van der Waals surface area (Å²) < 4.78 is 14.3. The number of amides is 5. The molecule has 2 N–H and O–H groups in total. The van der Waals surface area contributed by atoms with Gasteiger partial charge in [0.25, 0.3) is 5.91 Å². The van der Waals surface area contributed by atoms with Crippen molar-refractivity contribution < 1.29 is 33.4 Å². The van der Waals surface area contributed by atoms with Gasteiger partial charge in [0.1, 0.15) is 17.2 Å². The highest BCUT2D eigenvalue weighted by Gasteiger charge is 2.44. The number of carbonyl (C=O) groups excluding carboxylic acids is 5. The van der Waals surface area contributed by atoms with Gasteiger partial charge in [-0.2, -0.15) is 12.6 Å². The van der Waals surface area contributed by atoms with Crippen molar-refractivity contribution >= 4 is 74.8 Å². The Bertz CT molecular complexity index is 2640. The second kappa shape index (κ2) is 22.4. The molecule has 4 aromatic rings. The van der Waals surface area contributed by atoms with Crippen molar-refractivity contribution in [3.8, 4) is 22.5 Å². The number of fused-ring (bicyclic) bond motifs is 6. The van der Waals surface area contributed by atoms with Crippen LogP contribution >= 0.6 is 24.0 Å². The van der Waals surface area contributed by atoms with Gasteiger partial charge in [-0.25, -0.2) is 15.2 Å².